The van der Waals surface area contributed by atoms with Gasteiger partial charge in [-0.15, -0.1) is 0 Å². The Labute approximate surface area is 110 Å². The van der Waals surface area contributed by atoms with Gasteiger partial charge in [-0.05, 0) is 31.4 Å². The maximum atomic E-state index is 9.15. The van der Waals surface area contributed by atoms with E-state index in [-0.39, 0.29) is 6.04 Å². The summed E-state index contributed by atoms with van der Waals surface area (Å²) in [6.07, 6.45) is 0. The van der Waals surface area contributed by atoms with Crippen molar-refractivity contribution in [3.63, 3.8) is 0 Å². The van der Waals surface area contributed by atoms with E-state index in [0.29, 0.717) is 24.7 Å². The highest BCUT2D eigenvalue weighted by Gasteiger charge is 2.16. The van der Waals surface area contributed by atoms with Crippen molar-refractivity contribution >= 4 is 5.69 Å². The molecule has 0 aliphatic rings. The van der Waals surface area contributed by atoms with E-state index >= 15 is 0 Å². The SMILES string of the molecule is CCOCC(Nc1c(C)cccc1C#N)C(C)C. The van der Waals surface area contributed by atoms with E-state index in [9.17, 15) is 0 Å². The summed E-state index contributed by atoms with van der Waals surface area (Å²) in [6, 6.07) is 8.22. The van der Waals surface area contributed by atoms with Crippen LogP contribution in [0.4, 0.5) is 5.69 Å². The molecule has 0 radical (unpaired) electrons. The number of nitriles is 1. The van der Waals surface area contributed by atoms with Gasteiger partial charge in [-0.25, -0.2) is 0 Å². The van der Waals surface area contributed by atoms with Crippen LogP contribution in [-0.2, 0) is 4.74 Å². The summed E-state index contributed by atoms with van der Waals surface area (Å²) in [5.74, 6) is 0.447. The first-order chi connectivity index (χ1) is 8.60. The molecule has 18 heavy (non-hydrogen) atoms. The van der Waals surface area contributed by atoms with Gasteiger partial charge in [0, 0.05) is 6.61 Å². The van der Waals surface area contributed by atoms with Crippen molar-refractivity contribution < 1.29 is 4.74 Å². The summed E-state index contributed by atoms with van der Waals surface area (Å²) in [4.78, 5) is 0. The molecular weight excluding hydrogens is 224 g/mol. The van der Waals surface area contributed by atoms with Gasteiger partial charge in [0.15, 0.2) is 0 Å². The van der Waals surface area contributed by atoms with Crippen molar-refractivity contribution in [3.05, 3.63) is 29.3 Å². The fourth-order valence-corrected chi connectivity index (χ4v) is 1.78. The zero-order chi connectivity index (χ0) is 13.5. The van der Waals surface area contributed by atoms with Crippen LogP contribution in [0, 0.1) is 24.2 Å². The Hall–Kier alpha value is -1.53. The Kier molecular flexibility index (Phi) is 5.67. The summed E-state index contributed by atoms with van der Waals surface area (Å²) in [6.45, 7) is 9.69. The topological polar surface area (TPSA) is 45.0 Å². The second-order valence-electron chi connectivity index (χ2n) is 4.76. The lowest BCUT2D eigenvalue weighted by molar-refractivity contribution is 0.127. The fourth-order valence-electron chi connectivity index (χ4n) is 1.78. The van der Waals surface area contributed by atoms with Crippen LogP contribution in [0.3, 0.4) is 0 Å². The maximum Gasteiger partial charge on any atom is 0.101 e. The number of nitrogens with one attached hydrogen (secondary N) is 1. The number of hydrogen-bond donors (Lipinski definition) is 1. The Balaban J connectivity index is 2.90. The van der Waals surface area contributed by atoms with Gasteiger partial charge in [-0.3, -0.25) is 0 Å². The van der Waals surface area contributed by atoms with Crippen LogP contribution in [0.1, 0.15) is 31.9 Å². The van der Waals surface area contributed by atoms with Crippen LogP contribution >= 0.6 is 0 Å². The van der Waals surface area contributed by atoms with Gasteiger partial charge in [0.05, 0.1) is 23.9 Å². The van der Waals surface area contributed by atoms with Gasteiger partial charge in [0.2, 0.25) is 0 Å². The normalized spacial score (nSPS) is 12.2. The summed E-state index contributed by atoms with van der Waals surface area (Å²) in [7, 11) is 0. The number of hydrogen-bond acceptors (Lipinski definition) is 3. The number of anilines is 1. The molecule has 0 heterocycles. The first-order valence-corrected chi connectivity index (χ1v) is 6.44. The average molecular weight is 246 g/mol. The maximum absolute atomic E-state index is 9.15. The summed E-state index contributed by atoms with van der Waals surface area (Å²) in [5.41, 5.74) is 2.71. The van der Waals surface area contributed by atoms with Crippen molar-refractivity contribution in [2.75, 3.05) is 18.5 Å². The van der Waals surface area contributed by atoms with Crippen molar-refractivity contribution in [1.29, 1.82) is 5.26 Å². The summed E-state index contributed by atoms with van der Waals surface area (Å²) in [5, 5.41) is 12.6. The Morgan fingerprint density at radius 3 is 2.67 bits per heavy atom. The average Bonchev–Trinajstić information content (AvgIpc) is 2.35. The molecule has 3 heteroatoms. The quantitative estimate of drug-likeness (QED) is 0.837. The number of benzene rings is 1. The second kappa shape index (κ2) is 7.03. The third-order valence-corrected chi connectivity index (χ3v) is 3.03. The molecule has 1 unspecified atom stereocenters. The molecule has 0 aliphatic carbocycles. The Morgan fingerprint density at radius 2 is 2.11 bits per heavy atom. The van der Waals surface area contributed by atoms with Crippen LogP contribution in [-0.4, -0.2) is 19.3 Å². The van der Waals surface area contributed by atoms with Crippen molar-refractivity contribution in [1.82, 2.24) is 0 Å². The molecule has 0 aliphatic heterocycles. The molecule has 3 nitrogen and oxygen atoms in total. The van der Waals surface area contributed by atoms with E-state index in [1.54, 1.807) is 0 Å². The predicted molar refractivity (Wildman–Crippen MR) is 74.6 cm³/mol. The van der Waals surface area contributed by atoms with Gasteiger partial charge in [0.1, 0.15) is 6.07 Å². The molecular formula is C15H22N2O. The molecule has 0 saturated carbocycles. The molecule has 1 aromatic rings. The Morgan fingerprint density at radius 1 is 1.39 bits per heavy atom. The third kappa shape index (κ3) is 3.75. The largest absolute Gasteiger partial charge is 0.380 e. The zero-order valence-corrected chi connectivity index (χ0v) is 11.7. The molecule has 0 aromatic heterocycles. The molecule has 0 spiro atoms. The zero-order valence-electron chi connectivity index (χ0n) is 11.7. The molecule has 0 amide bonds. The standard InChI is InChI=1S/C15H22N2O/c1-5-18-10-14(11(2)3)17-15-12(4)7-6-8-13(15)9-16/h6-8,11,14,17H,5,10H2,1-4H3. The van der Waals surface area contributed by atoms with Gasteiger partial charge < -0.3 is 10.1 Å². The minimum Gasteiger partial charge on any atom is -0.380 e. The second-order valence-corrected chi connectivity index (χ2v) is 4.76. The lowest BCUT2D eigenvalue weighted by Gasteiger charge is -2.24. The molecule has 0 bridgehead atoms. The lowest BCUT2D eigenvalue weighted by atomic mass is 10.0. The van der Waals surface area contributed by atoms with Gasteiger partial charge >= 0.3 is 0 Å². The fraction of sp³-hybridized carbons (Fsp3) is 0.533. The highest BCUT2D eigenvalue weighted by atomic mass is 16.5. The van der Waals surface area contributed by atoms with E-state index in [1.165, 1.54) is 0 Å². The first-order valence-electron chi connectivity index (χ1n) is 6.44. The van der Waals surface area contributed by atoms with Gasteiger partial charge in [-0.2, -0.15) is 5.26 Å². The smallest absolute Gasteiger partial charge is 0.101 e. The van der Waals surface area contributed by atoms with Crippen molar-refractivity contribution in [2.24, 2.45) is 5.92 Å². The van der Waals surface area contributed by atoms with E-state index in [2.05, 4.69) is 25.2 Å². The summed E-state index contributed by atoms with van der Waals surface area (Å²) < 4.78 is 5.50. The van der Waals surface area contributed by atoms with Crippen LogP contribution in [0.2, 0.25) is 0 Å². The van der Waals surface area contributed by atoms with Crippen LogP contribution in [0.15, 0.2) is 18.2 Å². The molecule has 1 N–H and O–H groups in total. The molecule has 1 rings (SSSR count). The lowest BCUT2D eigenvalue weighted by Crippen LogP contribution is -2.31. The minimum absolute atomic E-state index is 0.221. The van der Waals surface area contributed by atoms with Crippen LogP contribution < -0.4 is 5.32 Å². The number of para-hydroxylation sites is 1. The van der Waals surface area contributed by atoms with Crippen molar-refractivity contribution in [3.8, 4) is 6.07 Å². The number of nitrogens with zero attached hydrogens (tertiary/aromatic N) is 1. The molecule has 0 fully saturated rings. The molecule has 1 aromatic carbocycles. The van der Waals surface area contributed by atoms with Crippen molar-refractivity contribution in [2.45, 2.75) is 33.7 Å². The molecule has 98 valence electrons. The highest BCUT2D eigenvalue weighted by molar-refractivity contribution is 5.62. The Bertz CT molecular complexity index is 421. The van der Waals surface area contributed by atoms with Gasteiger partial charge in [0.25, 0.3) is 0 Å². The molecule has 0 saturated heterocycles. The summed E-state index contributed by atoms with van der Waals surface area (Å²) >= 11 is 0. The monoisotopic (exact) mass is 246 g/mol. The third-order valence-electron chi connectivity index (χ3n) is 3.03. The number of aryl methyl sites for hydroxylation is 1. The predicted octanol–water partition coefficient (Wildman–Crippen LogP) is 3.34. The number of ether oxygens (including phenoxy) is 1. The number of rotatable bonds is 6. The van der Waals surface area contributed by atoms with E-state index in [0.717, 1.165) is 11.3 Å². The first kappa shape index (κ1) is 14.5. The highest BCUT2D eigenvalue weighted by Crippen LogP contribution is 2.22. The van der Waals surface area contributed by atoms with E-state index < -0.39 is 0 Å². The van der Waals surface area contributed by atoms with Crippen LogP contribution in [0.25, 0.3) is 0 Å². The van der Waals surface area contributed by atoms with Crippen LogP contribution in [0.5, 0.6) is 0 Å². The van der Waals surface area contributed by atoms with Gasteiger partial charge in [-0.1, -0.05) is 26.0 Å². The minimum atomic E-state index is 0.221. The van der Waals surface area contributed by atoms with E-state index in [1.807, 2.05) is 32.0 Å². The van der Waals surface area contributed by atoms with E-state index in [4.69, 9.17) is 10.00 Å². The molecule has 1 atom stereocenters.